The Morgan fingerprint density at radius 3 is 2.77 bits per heavy atom. The number of halogens is 1. The summed E-state index contributed by atoms with van der Waals surface area (Å²) in [5.41, 5.74) is 7.48. The number of Topliss-reactive ketones (excluding diaryl/α,β-unsaturated/α-hetero) is 1. The number of ketones is 1. The average molecular weight is 439 g/mol. The van der Waals surface area contributed by atoms with Gasteiger partial charge in [0.15, 0.2) is 5.78 Å². The lowest BCUT2D eigenvalue weighted by Crippen LogP contribution is -2.33. The third-order valence-corrected chi connectivity index (χ3v) is 6.00. The largest absolute Gasteiger partial charge is 0.475 e. The van der Waals surface area contributed by atoms with E-state index in [2.05, 4.69) is 14.9 Å². The lowest BCUT2D eigenvalue weighted by Gasteiger charge is -2.26. The molecule has 2 aromatic heterocycles. The minimum Gasteiger partial charge on any atom is -0.475 e. The van der Waals surface area contributed by atoms with E-state index in [1.165, 1.54) is 19.3 Å². The minimum atomic E-state index is 0.00334. The van der Waals surface area contributed by atoms with E-state index in [0.717, 1.165) is 36.0 Å². The number of ether oxygens (including phenoxy) is 1. The maximum atomic E-state index is 12.6. The second-order valence-electron chi connectivity index (χ2n) is 7.94. The van der Waals surface area contributed by atoms with Gasteiger partial charge in [0.1, 0.15) is 17.4 Å². The number of carbonyl (C=O) groups is 1. The van der Waals surface area contributed by atoms with Gasteiger partial charge in [-0.1, -0.05) is 36.2 Å². The van der Waals surface area contributed by atoms with Crippen LogP contribution in [0.4, 0.5) is 5.82 Å². The van der Waals surface area contributed by atoms with Crippen molar-refractivity contribution in [1.82, 2.24) is 14.9 Å². The van der Waals surface area contributed by atoms with Gasteiger partial charge in [-0.3, -0.25) is 9.69 Å². The van der Waals surface area contributed by atoms with E-state index < -0.39 is 0 Å². The fraction of sp³-hybridized carbons (Fsp3) is 0.375. The van der Waals surface area contributed by atoms with Crippen LogP contribution in [0.15, 0.2) is 42.7 Å². The highest BCUT2D eigenvalue weighted by Crippen LogP contribution is 2.24. The molecule has 0 aliphatic carbocycles. The van der Waals surface area contributed by atoms with E-state index in [0.29, 0.717) is 41.7 Å². The van der Waals surface area contributed by atoms with Gasteiger partial charge in [0.05, 0.1) is 0 Å². The monoisotopic (exact) mass is 438 g/mol. The summed E-state index contributed by atoms with van der Waals surface area (Å²) < 4.78 is 5.74. The smallest absolute Gasteiger partial charge is 0.232 e. The van der Waals surface area contributed by atoms with Gasteiger partial charge in [0.2, 0.25) is 5.88 Å². The van der Waals surface area contributed by atoms with Gasteiger partial charge in [-0.15, -0.1) is 0 Å². The quantitative estimate of drug-likeness (QED) is 0.520. The molecule has 3 heterocycles. The zero-order valence-electron chi connectivity index (χ0n) is 17.5. The van der Waals surface area contributed by atoms with Crippen LogP contribution in [-0.4, -0.2) is 46.9 Å². The van der Waals surface area contributed by atoms with Crippen molar-refractivity contribution in [1.29, 1.82) is 0 Å². The predicted octanol–water partition coefficient (Wildman–Crippen LogP) is 4.55. The average Bonchev–Trinajstić information content (AvgIpc) is 2.79. The van der Waals surface area contributed by atoms with Crippen LogP contribution in [0.25, 0.3) is 10.8 Å². The molecule has 7 heteroatoms. The first-order valence-electron chi connectivity index (χ1n) is 10.8. The molecule has 1 saturated heterocycles. The molecule has 4 rings (SSSR count). The molecule has 0 spiro atoms. The Hall–Kier alpha value is -2.70. The number of benzene rings is 1. The summed E-state index contributed by atoms with van der Waals surface area (Å²) in [6, 6.07) is 9.56. The number of aromatic nitrogens is 2. The summed E-state index contributed by atoms with van der Waals surface area (Å²) in [6.07, 6.45) is 8.06. The van der Waals surface area contributed by atoms with E-state index >= 15 is 0 Å². The van der Waals surface area contributed by atoms with Crippen molar-refractivity contribution in [2.45, 2.75) is 32.1 Å². The van der Waals surface area contributed by atoms with Gasteiger partial charge in [0.25, 0.3) is 0 Å². The highest BCUT2D eigenvalue weighted by molar-refractivity contribution is 6.32. The molecular weight excluding hydrogens is 412 g/mol. The minimum absolute atomic E-state index is 0.00334. The number of nitrogens with two attached hydrogens (primary N) is 1. The third kappa shape index (κ3) is 5.51. The number of fused-ring (bicyclic) bond motifs is 1. The molecule has 1 aliphatic rings. The Kier molecular flexibility index (Phi) is 6.99. The molecule has 31 heavy (non-hydrogen) atoms. The number of aryl methyl sites for hydroxylation is 1. The van der Waals surface area contributed by atoms with Gasteiger partial charge in [-0.25, -0.2) is 9.97 Å². The van der Waals surface area contributed by atoms with Crippen molar-refractivity contribution < 1.29 is 9.53 Å². The van der Waals surface area contributed by atoms with Crippen molar-refractivity contribution in [3.05, 3.63) is 58.9 Å². The maximum absolute atomic E-state index is 12.6. The lowest BCUT2D eigenvalue weighted by atomic mass is 10.0. The molecule has 1 aromatic carbocycles. The molecule has 0 atom stereocenters. The molecule has 0 radical (unpaired) electrons. The van der Waals surface area contributed by atoms with Gasteiger partial charge in [-0.2, -0.15) is 0 Å². The molecule has 3 aromatic rings. The fourth-order valence-corrected chi connectivity index (χ4v) is 4.17. The number of piperidine rings is 1. The Balaban J connectivity index is 1.31. The highest BCUT2D eigenvalue weighted by atomic mass is 35.5. The predicted molar refractivity (Wildman–Crippen MR) is 124 cm³/mol. The molecule has 6 nitrogen and oxygen atoms in total. The van der Waals surface area contributed by atoms with Crippen LogP contribution in [0.5, 0.6) is 5.88 Å². The van der Waals surface area contributed by atoms with E-state index in [1.54, 1.807) is 18.5 Å². The van der Waals surface area contributed by atoms with Crippen LogP contribution >= 0.6 is 11.6 Å². The number of pyridine rings is 2. The summed E-state index contributed by atoms with van der Waals surface area (Å²) in [5, 5.41) is 2.32. The topological polar surface area (TPSA) is 81.3 Å². The van der Waals surface area contributed by atoms with Crippen molar-refractivity contribution in [3.63, 3.8) is 0 Å². The maximum Gasteiger partial charge on any atom is 0.232 e. The number of likely N-dealkylation sites (tertiary alicyclic amines) is 1. The SMILES string of the molecule is Nc1nccc2cc(CCC(=O)c3cnc(OCCN4CCCCC4)c(Cl)c3)ccc12. The molecular formula is C24H27ClN4O2. The molecule has 0 bridgehead atoms. The molecule has 162 valence electrons. The first kappa shape index (κ1) is 21.5. The second-order valence-corrected chi connectivity index (χ2v) is 8.34. The van der Waals surface area contributed by atoms with E-state index in [4.69, 9.17) is 22.1 Å². The van der Waals surface area contributed by atoms with E-state index in [1.807, 2.05) is 24.3 Å². The molecule has 0 saturated carbocycles. The Morgan fingerprint density at radius 1 is 1.13 bits per heavy atom. The summed E-state index contributed by atoms with van der Waals surface area (Å²) in [5.74, 6) is 0.902. The zero-order chi connectivity index (χ0) is 21.6. The molecule has 1 fully saturated rings. The summed E-state index contributed by atoms with van der Waals surface area (Å²) in [7, 11) is 0. The Labute approximate surface area is 187 Å². The van der Waals surface area contributed by atoms with E-state index in [9.17, 15) is 4.79 Å². The first-order chi connectivity index (χ1) is 15.1. The highest BCUT2D eigenvalue weighted by Gasteiger charge is 2.13. The molecule has 0 amide bonds. The van der Waals surface area contributed by atoms with E-state index in [-0.39, 0.29) is 5.78 Å². The Bertz CT molecular complexity index is 1070. The third-order valence-electron chi connectivity index (χ3n) is 5.72. The number of hydrogen-bond acceptors (Lipinski definition) is 6. The van der Waals surface area contributed by atoms with Crippen molar-refractivity contribution in [2.75, 3.05) is 32.0 Å². The van der Waals surface area contributed by atoms with Crippen molar-refractivity contribution in [3.8, 4) is 5.88 Å². The van der Waals surface area contributed by atoms with Crippen molar-refractivity contribution >= 4 is 34.0 Å². The standard InChI is InChI=1S/C24H27ClN4O2/c25-21-15-19(16-28-24(21)31-13-12-29-10-2-1-3-11-29)22(30)7-5-17-4-6-20-18(14-17)8-9-27-23(20)26/h4,6,8-9,14-16H,1-3,5,7,10-13H2,(H2,26,27). The van der Waals surface area contributed by atoms with Crippen LogP contribution in [-0.2, 0) is 6.42 Å². The van der Waals surface area contributed by atoms with Crippen LogP contribution in [0.3, 0.4) is 0 Å². The van der Waals surface area contributed by atoms with Gasteiger partial charge in [0, 0.05) is 36.3 Å². The normalized spacial score (nSPS) is 14.6. The fourth-order valence-electron chi connectivity index (χ4n) is 3.95. The Morgan fingerprint density at radius 2 is 1.97 bits per heavy atom. The number of hydrogen-bond donors (Lipinski definition) is 1. The number of carbonyl (C=O) groups excluding carboxylic acids is 1. The van der Waals surface area contributed by atoms with Crippen molar-refractivity contribution in [2.24, 2.45) is 0 Å². The zero-order valence-corrected chi connectivity index (χ0v) is 18.3. The van der Waals surface area contributed by atoms with Gasteiger partial charge in [-0.05, 0) is 55.4 Å². The number of nitrogen functional groups attached to an aromatic ring is 1. The van der Waals surface area contributed by atoms with Gasteiger partial charge >= 0.3 is 0 Å². The summed E-state index contributed by atoms with van der Waals surface area (Å²) in [4.78, 5) is 23.4. The number of nitrogens with zero attached hydrogens (tertiary/aromatic N) is 3. The second kappa shape index (κ2) is 10.1. The first-order valence-corrected chi connectivity index (χ1v) is 11.1. The lowest BCUT2D eigenvalue weighted by molar-refractivity contribution is 0.0982. The molecule has 0 unspecified atom stereocenters. The van der Waals surface area contributed by atoms with Gasteiger partial charge < -0.3 is 10.5 Å². The molecule has 2 N–H and O–H groups in total. The van der Waals surface area contributed by atoms with Crippen LogP contribution in [0.1, 0.15) is 41.6 Å². The molecule has 1 aliphatic heterocycles. The summed E-state index contributed by atoms with van der Waals surface area (Å²) in [6.45, 7) is 3.66. The summed E-state index contributed by atoms with van der Waals surface area (Å²) >= 11 is 6.32. The van der Waals surface area contributed by atoms with Crippen LogP contribution in [0, 0.1) is 0 Å². The van der Waals surface area contributed by atoms with Crippen LogP contribution in [0.2, 0.25) is 5.02 Å². The van der Waals surface area contributed by atoms with Crippen LogP contribution < -0.4 is 10.5 Å². The number of rotatable bonds is 8. The number of anilines is 1.